The molecule has 0 radical (unpaired) electrons. The van der Waals surface area contributed by atoms with Gasteiger partial charge in [-0.15, -0.1) is 0 Å². The van der Waals surface area contributed by atoms with Crippen LogP contribution in [0.25, 0.3) is 11.0 Å². The topological polar surface area (TPSA) is 13.1 Å². The van der Waals surface area contributed by atoms with E-state index in [1.54, 1.807) is 12.1 Å². The molecule has 0 bridgehead atoms. The summed E-state index contributed by atoms with van der Waals surface area (Å²) < 4.78 is 20.0. The number of aryl methyl sites for hydroxylation is 2. The number of aromatic nitrogens is 2. The molecule has 3 rings (SSSR count). The first kappa shape index (κ1) is 19.3. The second-order valence-electron chi connectivity index (χ2n) is 4.94. The van der Waals surface area contributed by atoms with E-state index in [0.717, 1.165) is 12.1 Å². The second kappa shape index (κ2) is 8.87. The molecule has 2 aromatic carbocycles. The zero-order valence-electron chi connectivity index (χ0n) is 12.6. The van der Waals surface area contributed by atoms with Crippen LogP contribution in [0.4, 0.5) is 4.39 Å². The fourth-order valence-electron chi connectivity index (χ4n) is 2.17. The van der Waals surface area contributed by atoms with Crippen LogP contribution in [0.5, 0.6) is 0 Å². The van der Waals surface area contributed by atoms with Gasteiger partial charge >= 0.3 is 81.7 Å². The summed E-state index contributed by atoms with van der Waals surface area (Å²) >= 11 is 6.69. The van der Waals surface area contributed by atoms with Gasteiger partial charge in [0.25, 0.3) is 0 Å². The first-order valence-electron chi connectivity index (χ1n) is 6.79. The number of fused-ring (bicyclic) bond motifs is 1. The molecule has 0 unspecified atom stereocenters. The molecule has 1 heterocycles. The van der Waals surface area contributed by atoms with E-state index in [9.17, 15) is 4.39 Å². The Bertz CT molecular complexity index is 799. The van der Waals surface area contributed by atoms with Crippen LogP contribution in [0.2, 0.25) is 0 Å². The normalized spacial score (nSPS) is 10.8. The summed E-state index contributed by atoms with van der Waals surface area (Å²) in [5.41, 5.74) is 3.69. The summed E-state index contributed by atoms with van der Waals surface area (Å²) in [5, 5.41) is 0. The van der Waals surface area contributed by atoms with E-state index in [-0.39, 0.29) is 5.82 Å². The molecule has 1 aromatic heterocycles. The zero-order chi connectivity index (χ0) is 17.0. The fourth-order valence-corrected chi connectivity index (χ4v) is 3.50. The fraction of sp³-hybridized carbons (Fsp3) is 0.188. The summed E-state index contributed by atoms with van der Waals surface area (Å²) in [6.07, 6.45) is 0. The average Bonchev–Trinajstić information content (AvgIpc) is 2.75. The zero-order valence-corrected chi connectivity index (χ0v) is 19.2. The van der Waals surface area contributed by atoms with Gasteiger partial charge in [-0.3, -0.25) is 0 Å². The number of imidazole rings is 1. The Balaban J connectivity index is 0.000000168. The first-order valence-corrected chi connectivity index (χ1v) is 9.86. The van der Waals surface area contributed by atoms with Crippen molar-refractivity contribution >= 4 is 56.8 Å². The molecule has 126 valence electrons. The smallest absolute Gasteiger partial charge is 0.123 e. The average molecular weight is 718 g/mol. The Labute approximate surface area is 173 Å². The summed E-state index contributed by atoms with van der Waals surface area (Å²) in [5.74, 6) is -0.179. The first-order chi connectivity index (χ1) is 10.9. The molecule has 0 atom stereocenters. The Hall–Kier alpha value is -0.0517. The van der Waals surface area contributed by atoms with Crippen LogP contribution < -0.4 is 0 Å². The van der Waals surface area contributed by atoms with Crippen molar-refractivity contribution in [3.05, 3.63) is 63.7 Å². The van der Waals surface area contributed by atoms with Crippen molar-refractivity contribution in [3.63, 3.8) is 0 Å². The van der Waals surface area contributed by atoms with Gasteiger partial charge in [0, 0.05) is 52.3 Å². The predicted molar refractivity (Wildman–Crippen MR) is 105 cm³/mol. The summed E-state index contributed by atoms with van der Waals surface area (Å²) in [4.78, 5) is 0. The van der Waals surface area contributed by atoms with E-state index in [4.69, 9.17) is 0 Å². The van der Waals surface area contributed by atoms with Crippen molar-refractivity contribution < 1.29 is 23.7 Å². The van der Waals surface area contributed by atoms with Crippen molar-refractivity contribution in [3.8, 4) is 0 Å². The molecule has 0 aliphatic carbocycles. The summed E-state index contributed by atoms with van der Waals surface area (Å²) in [7, 11) is 4.18. The van der Waals surface area contributed by atoms with Crippen LogP contribution in [-0.4, -0.2) is 10.5 Å². The maximum absolute atomic E-state index is 12.4. The minimum atomic E-state index is -0.179. The molecule has 3 nitrogen and oxygen atoms in total. The van der Waals surface area contributed by atoms with Crippen LogP contribution >= 0.6 is 45.7 Å². The van der Waals surface area contributed by atoms with Crippen LogP contribution in [0.15, 0.2) is 48.5 Å². The number of nitrogens with zero attached hydrogens (tertiary/aromatic N) is 3. The van der Waals surface area contributed by atoms with Crippen LogP contribution in [0.1, 0.15) is 5.56 Å². The summed E-state index contributed by atoms with van der Waals surface area (Å²) in [6, 6.07) is 14.9. The molecule has 0 saturated carbocycles. The van der Waals surface area contributed by atoms with Gasteiger partial charge < -0.3 is 0 Å². The van der Waals surface area contributed by atoms with Crippen molar-refractivity contribution in [1.82, 2.24) is 10.5 Å². The van der Waals surface area contributed by atoms with E-state index in [0.29, 0.717) is 0 Å². The van der Waals surface area contributed by atoms with Crippen LogP contribution in [0, 0.1) is 9.62 Å². The van der Waals surface area contributed by atoms with Gasteiger partial charge in [-0.25, -0.2) is 4.39 Å². The van der Waals surface area contributed by atoms with Gasteiger partial charge in [0.15, 0.2) is 0 Å². The number of benzene rings is 2. The van der Waals surface area contributed by atoms with Gasteiger partial charge in [-0.1, -0.05) is 12.1 Å². The number of para-hydroxylation sites is 2. The third kappa shape index (κ3) is 5.21. The Morgan fingerprint density at radius 2 is 1.43 bits per heavy atom. The molecule has 7 heteroatoms. The number of hydrogen-bond donors (Lipinski definition) is 0. The Morgan fingerprint density at radius 3 is 1.87 bits per heavy atom. The molecule has 0 amide bonds. The van der Waals surface area contributed by atoms with E-state index in [1.165, 1.54) is 27.0 Å². The van der Waals surface area contributed by atoms with E-state index < -0.39 is 0 Å². The van der Waals surface area contributed by atoms with E-state index >= 15 is 0 Å². The Morgan fingerprint density at radius 1 is 0.957 bits per heavy atom. The molecule has 0 fully saturated rings. The second-order valence-corrected chi connectivity index (χ2v) is 10.1. The molecule has 0 spiro atoms. The maximum Gasteiger partial charge on any atom is 0.123 e. The maximum atomic E-state index is 12.4. The van der Waals surface area contributed by atoms with Gasteiger partial charge in [-0.05, 0) is 17.7 Å². The van der Waals surface area contributed by atoms with Crippen molar-refractivity contribution in [2.75, 3.05) is 0 Å². The predicted octanol–water partition coefficient (Wildman–Crippen LogP) is 4.92. The monoisotopic (exact) mass is 718 g/mol. The summed E-state index contributed by atoms with van der Waals surface area (Å²) in [6.45, 7) is 0.835. The quantitative estimate of drug-likeness (QED) is 0.271. The molecule has 3 aromatic rings. The molecular weight excluding hydrogens is 702 g/mol. The minimum Gasteiger partial charge on any atom is -0.207 e. The third-order valence-electron chi connectivity index (χ3n) is 3.33. The molecule has 0 saturated heterocycles. The molecule has 0 aliphatic heterocycles. The SMILES string of the molecule is Cn1[c](=[Pt])n(C)c2ccccc21.Fc1ccc(CN(I)I)cc1. The van der Waals surface area contributed by atoms with E-state index in [1.807, 2.05) is 1.33 Å². The number of hydrogen-bond acceptors (Lipinski definition) is 1. The van der Waals surface area contributed by atoms with Gasteiger partial charge in [-0.2, -0.15) is 1.33 Å². The largest absolute Gasteiger partial charge is 0.207 e. The van der Waals surface area contributed by atoms with Gasteiger partial charge in [0.05, 0.1) is 0 Å². The molecule has 0 N–H and O–H groups in total. The molecular formula is C16H16FI2N3Pt. The van der Waals surface area contributed by atoms with Crippen LogP contribution in [0.3, 0.4) is 0 Å². The van der Waals surface area contributed by atoms with Crippen LogP contribution in [-0.2, 0) is 40.0 Å². The minimum absolute atomic E-state index is 0.179. The standard InChI is InChI=1S/C9H10N2.C7H6FI2N.Pt/c1-10-7-11(2)9-6-4-3-5-8(9)10;8-7-3-1-6(2-4-7)5-11(9)10;/h3-6H,1-2H3;1-4H,5H2;. The van der Waals surface area contributed by atoms with Crippen molar-refractivity contribution in [1.29, 1.82) is 0 Å². The van der Waals surface area contributed by atoms with Crippen molar-refractivity contribution in [2.45, 2.75) is 6.54 Å². The van der Waals surface area contributed by atoms with Crippen molar-refractivity contribution in [2.24, 2.45) is 14.1 Å². The third-order valence-corrected chi connectivity index (χ3v) is 5.54. The number of rotatable bonds is 2. The Kier molecular flexibility index (Phi) is 7.44. The van der Waals surface area contributed by atoms with Gasteiger partial charge in [0.1, 0.15) is 5.82 Å². The van der Waals surface area contributed by atoms with Gasteiger partial charge in [0.2, 0.25) is 0 Å². The van der Waals surface area contributed by atoms with E-state index in [2.05, 4.69) is 113 Å². The molecule has 0 aliphatic rings. The number of halogens is 3. The molecule has 23 heavy (non-hydrogen) atoms.